The standard InChI is InChI=1S/C15H20FNO/c1-3-5-6-9-18-15-8-7-12(11-14(15)16)10-13(17)4-2/h1,7-8,11,13H,4-6,9-10,17H2,2H3. The average Bonchev–Trinajstić information content (AvgIpc) is 2.36. The lowest BCUT2D eigenvalue weighted by Gasteiger charge is -2.11. The first-order valence-electron chi connectivity index (χ1n) is 6.27. The van der Waals surface area contributed by atoms with Crippen molar-refractivity contribution >= 4 is 0 Å². The highest BCUT2D eigenvalue weighted by Gasteiger charge is 2.07. The topological polar surface area (TPSA) is 35.2 Å². The van der Waals surface area contributed by atoms with E-state index in [1.54, 1.807) is 6.07 Å². The van der Waals surface area contributed by atoms with Gasteiger partial charge in [-0.25, -0.2) is 4.39 Å². The highest BCUT2D eigenvalue weighted by molar-refractivity contribution is 5.29. The van der Waals surface area contributed by atoms with Crippen molar-refractivity contribution in [1.82, 2.24) is 0 Å². The molecule has 0 bridgehead atoms. The Bertz CT molecular complexity index is 411. The molecule has 0 fully saturated rings. The fourth-order valence-corrected chi connectivity index (χ4v) is 1.59. The summed E-state index contributed by atoms with van der Waals surface area (Å²) in [4.78, 5) is 0. The predicted octanol–water partition coefficient (Wildman–Crippen LogP) is 2.90. The molecule has 2 nitrogen and oxygen atoms in total. The molecule has 0 spiro atoms. The molecule has 0 aromatic heterocycles. The monoisotopic (exact) mass is 249 g/mol. The Labute approximate surface area is 108 Å². The van der Waals surface area contributed by atoms with E-state index in [0.717, 1.165) is 18.4 Å². The van der Waals surface area contributed by atoms with Crippen LogP contribution in [0.1, 0.15) is 31.7 Å². The molecule has 0 amide bonds. The number of terminal acetylenes is 1. The molecule has 1 aromatic carbocycles. The first kappa shape index (κ1) is 14.5. The van der Waals surface area contributed by atoms with Crippen LogP contribution < -0.4 is 10.5 Å². The minimum Gasteiger partial charge on any atom is -0.490 e. The van der Waals surface area contributed by atoms with Gasteiger partial charge >= 0.3 is 0 Å². The van der Waals surface area contributed by atoms with E-state index < -0.39 is 0 Å². The maximum absolute atomic E-state index is 13.7. The Morgan fingerprint density at radius 1 is 1.50 bits per heavy atom. The van der Waals surface area contributed by atoms with Crippen LogP contribution in [0.2, 0.25) is 0 Å². The van der Waals surface area contributed by atoms with E-state index >= 15 is 0 Å². The summed E-state index contributed by atoms with van der Waals surface area (Å²) >= 11 is 0. The number of nitrogens with two attached hydrogens (primary N) is 1. The molecule has 0 saturated heterocycles. The van der Waals surface area contributed by atoms with Gasteiger partial charge in [0.2, 0.25) is 0 Å². The maximum atomic E-state index is 13.7. The summed E-state index contributed by atoms with van der Waals surface area (Å²) < 4.78 is 19.0. The van der Waals surface area contributed by atoms with Gasteiger partial charge in [0, 0.05) is 12.5 Å². The lowest BCUT2D eigenvalue weighted by molar-refractivity contribution is 0.297. The second-order valence-corrected chi connectivity index (χ2v) is 4.29. The molecule has 0 aliphatic heterocycles. The summed E-state index contributed by atoms with van der Waals surface area (Å²) in [6.07, 6.45) is 8.07. The van der Waals surface area contributed by atoms with Gasteiger partial charge in [-0.1, -0.05) is 13.0 Å². The molecule has 0 radical (unpaired) electrons. The zero-order chi connectivity index (χ0) is 13.4. The largest absolute Gasteiger partial charge is 0.490 e. The smallest absolute Gasteiger partial charge is 0.165 e. The minimum atomic E-state index is -0.337. The van der Waals surface area contributed by atoms with Crippen molar-refractivity contribution in [3.05, 3.63) is 29.6 Å². The molecular formula is C15H20FNO. The van der Waals surface area contributed by atoms with E-state index in [2.05, 4.69) is 5.92 Å². The van der Waals surface area contributed by atoms with Gasteiger partial charge in [0.1, 0.15) is 0 Å². The van der Waals surface area contributed by atoms with Crippen molar-refractivity contribution < 1.29 is 9.13 Å². The zero-order valence-corrected chi connectivity index (χ0v) is 10.8. The number of ether oxygens (including phenoxy) is 1. The van der Waals surface area contributed by atoms with E-state index in [-0.39, 0.29) is 17.6 Å². The highest BCUT2D eigenvalue weighted by atomic mass is 19.1. The maximum Gasteiger partial charge on any atom is 0.165 e. The zero-order valence-electron chi connectivity index (χ0n) is 10.8. The summed E-state index contributed by atoms with van der Waals surface area (Å²) in [5.41, 5.74) is 6.73. The van der Waals surface area contributed by atoms with E-state index in [1.807, 2.05) is 13.0 Å². The van der Waals surface area contributed by atoms with Crippen molar-refractivity contribution in [3.63, 3.8) is 0 Å². The molecule has 18 heavy (non-hydrogen) atoms. The molecule has 0 saturated carbocycles. The third-order valence-electron chi connectivity index (χ3n) is 2.74. The van der Waals surface area contributed by atoms with Gasteiger partial charge in [-0.2, -0.15) is 0 Å². The van der Waals surface area contributed by atoms with Crippen molar-refractivity contribution in [3.8, 4) is 18.1 Å². The Morgan fingerprint density at radius 3 is 2.89 bits per heavy atom. The Kier molecular flexibility index (Phi) is 6.24. The second kappa shape index (κ2) is 7.73. The Hall–Kier alpha value is -1.53. The summed E-state index contributed by atoms with van der Waals surface area (Å²) in [7, 11) is 0. The SMILES string of the molecule is C#CCCCOc1ccc(CC(N)CC)cc1F. The fraction of sp³-hybridized carbons (Fsp3) is 0.467. The third-order valence-corrected chi connectivity index (χ3v) is 2.74. The van der Waals surface area contributed by atoms with E-state index in [9.17, 15) is 4.39 Å². The van der Waals surface area contributed by atoms with Crippen LogP contribution in [0.25, 0.3) is 0 Å². The molecular weight excluding hydrogens is 229 g/mol. The fourth-order valence-electron chi connectivity index (χ4n) is 1.59. The van der Waals surface area contributed by atoms with Gasteiger partial charge in [-0.15, -0.1) is 12.3 Å². The van der Waals surface area contributed by atoms with Crippen LogP contribution in [0, 0.1) is 18.2 Å². The lowest BCUT2D eigenvalue weighted by atomic mass is 10.0. The van der Waals surface area contributed by atoms with Crippen molar-refractivity contribution in [2.45, 2.75) is 38.6 Å². The van der Waals surface area contributed by atoms with Gasteiger partial charge in [0.25, 0.3) is 0 Å². The molecule has 1 atom stereocenters. The van der Waals surface area contributed by atoms with Crippen LogP contribution in [-0.2, 0) is 6.42 Å². The molecule has 1 unspecified atom stereocenters. The summed E-state index contributed by atoms with van der Waals surface area (Å²) in [5.74, 6) is 2.46. The van der Waals surface area contributed by atoms with Crippen LogP contribution in [0.5, 0.6) is 5.75 Å². The average molecular weight is 249 g/mol. The number of benzene rings is 1. The normalized spacial score (nSPS) is 11.9. The van der Waals surface area contributed by atoms with Crippen LogP contribution in [0.4, 0.5) is 4.39 Å². The van der Waals surface area contributed by atoms with Gasteiger partial charge in [0.05, 0.1) is 6.61 Å². The Morgan fingerprint density at radius 2 is 2.28 bits per heavy atom. The molecule has 98 valence electrons. The predicted molar refractivity (Wildman–Crippen MR) is 71.9 cm³/mol. The first-order valence-corrected chi connectivity index (χ1v) is 6.27. The van der Waals surface area contributed by atoms with Crippen LogP contribution in [0.15, 0.2) is 18.2 Å². The highest BCUT2D eigenvalue weighted by Crippen LogP contribution is 2.19. The molecule has 2 N–H and O–H groups in total. The quantitative estimate of drug-likeness (QED) is 0.595. The molecule has 0 aliphatic rings. The molecule has 1 rings (SSSR count). The molecule has 0 aliphatic carbocycles. The van der Waals surface area contributed by atoms with Crippen LogP contribution in [0.3, 0.4) is 0 Å². The first-order chi connectivity index (χ1) is 8.67. The second-order valence-electron chi connectivity index (χ2n) is 4.29. The van der Waals surface area contributed by atoms with E-state index in [0.29, 0.717) is 19.4 Å². The van der Waals surface area contributed by atoms with Crippen LogP contribution in [-0.4, -0.2) is 12.6 Å². The van der Waals surface area contributed by atoms with Crippen molar-refractivity contribution in [2.75, 3.05) is 6.61 Å². The van der Waals surface area contributed by atoms with Gasteiger partial charge in [-0.3, -0.25) is 0 Å². The summed E-state index contributed by atoms with van der Waals surface area (Å²) in [5, 5.41) is 0. The molecule has 0 heterocycles. The number of halogens is 1. The number of rotatable bonds is 7. The van der Waals surface area contributed by atoms with E-state index in [4.69, 9.17) is 16.9 Å². The minimum absolute atomic E-state index is 0.0757. The van der Waals surface area contributed by atoms with Gasteiger partial charge in [0.15, 0.2) is 11.6 Å². The van der Waals surface area contributed by atoms with Crippen molar-refractivity contribution in [1.29, 1.82) is 0 Å². The number of hydrogen-bond acceptors (Lipinski definition) is 2. The summed E-state index contributed by atoms with van der Waals surface area (Å²) in [6, 6.07) is 5.08. The summed E-state index contributed by atoms with van der Waals surface area (Å²) in [6.45, 7) is 2.46. The molecule has 3 heteroatoms. The van der Waals surface area contributed by atoms with Crippen molar-refractivity contribution in [2.24, 2.45) is 5.73 Å². The Balaban J connectivity index is 2.54. The van der Waals surface area contributed by atoms with Gasteiger partial charge < -0.3 is 10.5 Å². The van der Waals surface area contributed by atoms with E-state index in [1.165, 1.54) is 6.07 Å². The van der Waals surface area contributed by atoms with Gasteiger partial charge in [-0.05, 0) is 37.0 Å². The number of hydrogen-bond donors (Lipinski definition) is 1. The lowest BCUT2D eigenvalue weighted by Crippen LogP contribution is -2.21. The third kappa shape index (κ3) is 4.77. The van der Waals surface area contributed by atoms with Crippen LogP contribution >= 0.6 is 0 Å². The number of unbranched alkanes of at least 4 members (excludes halogenated alkanes) is 1. The molecule has 1 aromatic rings.